The van der Waals surface area contributed by atoms with E-state index in [1.807, 2.05) is 0 Å². The van der Waals surface area contributed by atoms with Crippen molar-refractivity contribution >= 4 is 56.8 Å². The highest BCUT2D eigenvalue weighted by atomic mass is 35.5. The van der Waals surface area contributed by atoms with E-state index >= 15 is 0 Å². The first-order valence-electron chi connectivity index (χ1n) is 14.3. The molecule has 0 bridgehead atoms. The van der Waals surface area contributed by atoms with E-state index in [1.165, 1.54) is 35.0 Å². The predicted molar refractivity (Wildman–Crippen MR) is 181 cm³/mol. The molecule has 12 nitrogen and oxygen atoms in total. The number of benzene rings is 2. The molecule has 0 unspecified atom stereocenters. The van der Waals surface area contributed by atoms with Crippen LogP contribution in [0, 0.1) is 11.6 Å². The summed E-state index contributed by atoms with van der Waals surface area (Å²) in [6.07, 6.45) is 2.84. The number of amides is 1. The number of sulfone groups is 1. The number of nitrogens with one attached hydrogen (secondary N) is 2. The van der Waals surface area contributed by atoms with Crippen molar-refractivity contribution < 1.29 is 39.9 Å². The smallest absolute Gasteiger partial charge is 0.274 e. The van der Waals surface area contributed by atoms with Gasteiger partial charge in [-0.1, -0.05) is 31.2 Å². The van der Waals surface area contributed by atoms with E-state index in [1.54, 1.807) is 0 Å². The number of nitrogens with zero attached hydrogens (tertiary/aromatic N) is 3. The molecule has 48 heavy (non-hydrogen) atoms. The van der Waals surface area contributed by atoms with Gasteiger partial charge >= 0.3 is 0 Å². The van der Waals surface area contributed by atoms with Crippen LogP contribution in [0.3, 0.4) is 0 Å². The van der Waals surface area contributed by atoms with Gasteiger partial charge in [-0.15, -0.1) is 0 Å². The Balaban J connectivity index is 1.67. The molecule has 2 N–H and O–H groups in total. The molecule has 2 aromatic heterocycles. The van der Waals surface area contributed by atoms with Crippen molar-refractivity contribution in [3.05, 3.63) is 82.6 Å². The minimum Gasteiger partial charge on any atom is -0.486 e. The number of halogens is 3. The van der Waals surface area contributed by atoms with Gasteiger partial charge in [-0.25, -0.2) is 35.3 Å². The number of hydrogen-bond acceptors (Lipinski definition) is 9. The van der Waals surface area contributed by atoms with Crippen LogP contribution in [0.4, 0.5) is 20.2 Å². The van der Waals surface area contributed by atoms with Crippen molar-refractivity contribution in [2.45, 2.75) is 43.9 Å². The second-order valence-electron chi connectivity index (χ2n) is 12.2. The van der Waals surface area contributed by atoms with E-state index in [2.05, 4.69) is 39.8 Å². The summed E-state index contributed by atoms with van der Waals surface area (Å²) >= 11 is 6.16. The quantitative estimate of drug-likeness (QED) is 0.120. The number of carbonyl (C=O) groups is 1. The number of rotatable bonds is 14. The minimum absolute atomic E-state index is 0.00982. The largest absolute Gasteiger partial charge is 0.486 e. The Bertz CT molecular complexity index is 2060. The van der Waals surface area contributed by atoms with E-state index in [-0.39, 0.29) is 63.0 Å². The third kappa shape index (κ3) is 10.8. The van der Waals surface area contributed by atoms with Gasteiger partial charge in [0.2, 0.25) is 10.0 Å². The van der Waals surface area contributed by atoms with Crippen LogP contribution in [0.15, 0.2) is 59.6 Å². The number of carbonyl (C=O) groups excluding carboxylic acids is 1. The summed E-state index contributed by atoms with van der Waals surface area (Å²) in [6, 6.07) is 10.7. The molecular formula is C30H34ClF2N5O7S2Si. The van der Waals surface area contributed by atoms with E-state index in [9.17, 15) is 30.4 Å². The van der Waals surface area contributed by atoms with Crippen LogP contribution in [0.5, 0.6) is 5.75 Å². The summed E-state index contributed by atoms with van der Waals surface area (Å²) in [6.45, 7) is 6.50. The Hall–Kier alpha value is -3.90. The van der Waals surface area contributed by atoms with Gasteiger partial charge in [0.1, 0.15) is 42.1 Å². The molecule has 4 rings (SSSR count). The number of ether oxygens (including phenoxy) is 2. The fourth-order valence-corrected chi connectivity index (χ4v) is 6.51. The number of pyridine rings is 1. The Labute approximate surface area is 283 Å². The van der Waals surface area contributed by atoms with Crippen molar-refractivity contribution in [2.75, 3.05) is 29.2 Å². The van der Waals surface area contributed by atoms with Crippen LogP contribution < -0.4 is 14.8 Å². The van der Waals surface area contributed by atoms with E-state index in [0.717, 1.165) is 43.0 Å². The lowest BCUT2D eigenvalue weighted by Crippen LogP contribution is -2.23. The van der Waals surface area contributed by atoms with E-state index in [4.69, 9.17) is 21.1 Å². The van der Waals surface area contributed by atoms with Crippen molar-refractivity contribution in [1.82, 2.24) is 14.8 Å². The maximum absolute atomic E-state index is 14.4. The Kier molecular flexibility index (Phi) is 11.3. The zero-order valence-corrected chi connectivity index (χ0v) is 30.1. The predicted octanol–water partition coefficient (Wildman–Crippen LogP) is 5.80. The van der Waals surface area contributed by atoms with Crippen molar-refractivity contribution in [3.63, 3.8) is 0 Å². The molecule has 0 saturated heterocycles. The van der Waals surface area contributed by atoms with E-state index < -0.39 is 45.5 Å². The first-order valence-corrected chi connectivity index (χ1v) is 22.2. The van der Waals surface area contributed by atoms with Gasteiger partial charge in [0, 0.05) is 37.7 Å². The Morgan fingerprint density at radius 3 is 2.33 bits per heavy atom. The molecular weight excluding hydrogens is 708 g/mol. The van der Waals surface area contributed by atoms with Crippen molar-refractivity contribution in [3.8, 4) is 17.1 Å². The molecule has 0 aliphatic heterocycles. The molecule has 4 aromatic rings. The summed E-state index contributed by atoms with van der Waals surface area (Å²) in [4.78, 5) is 17.4. The van der Waals surface area contributed by atoms with Crippen molar-refractivity contribution in [2.24, 2.45) is 0 Å². The molecule has 0 spiro atoms. The lowest BCUT2D eigenvalue weighted by atomic mass is 10.2. The maximum atomic E-state index is 14.4. The van der Waals surface area contributed by atoms with E-state index in [0.29, 0.717) is 6.61 Å². The Morgan fingerprint density at radius 1 is 0.958 bits per heavy atom. The monoisotopic (exact) mass is 741 g/mol. The molecule has 0 fully saturated rings. The normalized spacial score (nSPS) is 12.2. The number of anilines is 2. The third-order valence-corrected chi connectivity index (χ3v) is 10.1. The van der Waals surface area contributed by atoms with Gasteiger partial charge in [-0.2, -0.15) is 5.10 Å². The first-order chi connectivity index (χ1) is 22.3. The van der Waals surface area contributed by atoms with Crippen LogP contribution in [0.25, 0.3) is 11.4 Å². The third-order valence-electron chi connectivity index (χ3n) is 6.50. The lowest BCUT2D eigenvalue weighted by Gasteiger charge is -2.16. The molecule has 2 aromatic carbocycles. The number of aromatic nitrogens is 3. The molecule has 1 amide bonds. The first kappa shape index (κ1) is 36.9. The molecule has 258 valence electrons. The van der Waals surface area contributed by atoms with Crippen molar-refractivity contribution in [1.29, 1.82) is 0 Å². The fraction of sp³-hybridized carbons (Fsp3) is 0.300. The average Bonchev–Trinajstić information content (AvgIpc) is 3.36. The highest BCUT2D eigenvalue weighted by Gasteiger charge is 2.22. The van der Waals surface area contributed by atoms with Gasteiger partial charge in [0.05, 0.1) is 23.0 Å². The maximum Gasteiger partial charge on any atom is 0.274 e. The summed E-state index contributed by atoms with van der Waals surface area (Å²) < 4.78 is 91.2. The number of sulfonamides is 1. The highest BCUT2D eigenvalue weighted by molar-refractivity contribution is 7.92. The standard InChI is InChI=1S/C30H34ClF2N5O7S2Si/c1-46(40,41)25-9-19(8-21(32)12-25)17-45-28-13-22(33)16-34-29(28)26-15-27(38(36-26)18-44-6-7-48(3,4)5)30(39)35-23-10-20(31)11-24(14-23)37-47(2,42)43/h8-16,37H,6-7,17-18H2,1-5H3,(H,35,39). The zero-order chi connectivity index (χ0) is 35.4. The topological polar surface area (TPSA) is 159 Å². The molecule has 0 radical (unpaired) electrons. The summed E-state index contributed by atoms with van der Waals surface area (Å²) in [7, 11) is -8.79. The summed E-state index contributed by atoms with van der Waals surface area (Å²) in [5, 5.41) is 7.32. The lowest BCUT2D eigenvalue weighted by molar-refractivity contribution is 0.0738. The molecule has 0 saturated carbocycles. The molecule has 0 atom stereocenters. The van der Waals surface area contributed by atoms with Crippen LogP contribution in [-0.2, 0) is 37.9 Å². The highest BCUT2D eigenvalue weighted by Crippen LogP contribution is 2.30. The SMILES string of the molecule is C[Si](C)(C)CCOCn1nc(-c2ncc(F)cc2OCc2cc(F)cc(S(C)(=O)=O)c2)cc1C(=O)Nc1cc(Cl)cc(NS(C)(=O)=O)c1. The average molecular weight is 742 g/mol. The second kappa shape index (κ2) is 14.7. The molecule has 2 heterocycles. The van der Waals surface area contributed by atoms with Crippen LogP contribution in [0.2, 0.25) is 30.7 Å². The van der Waals surface area contributed by atoms with Gasteiger partial charge in [-0.05, 0) is 54.1 Å². The molecule has 18 heteroatoms. The zero-order valence-electron chi connectivity index (χ0n) is 26.7. The van der Waals surface area contributed by atoms with Crippen LogP contribution in [0.1, 0.15) is 16.1 Å². The minimum atomic E-state index is -3.72. The van der Waals surface area contributed by atoms with Gasteiger partial charge in [0.15, 0.2) is 15.6 Å². The van der Waals surface area contributed by atoms with Gasteiger partial charge in [-0.3, -0.25) is 9.52 Å². The summed E-state index contributed by atoms with van der Waals surface area (Å²) in [5.41, 5.74) is 0.622. The summed E-state index contributed by atoms with van der Waals surface area (Å²) in [5.74, 6) is -2.32. The molecule has 0 aliphatic carbocycles. The van der Waals surface area contributed by atoms with Crippen LogP contribution >= 0.6 is 11.6 Å². The van der Waals surface area contributed by atoms with Gasteiger partial charge in [0.25, 0.3) is 5.91 Å². The number of hydrogen-bond donors (Lipinski definition) is 2. The fourth-order valence-electron chi connectivity index (χ4n) is 4.28. The van der Waals surface area contributed by atoms with Gasteiger partial charge < -0.3 is 14.8 Å². The Morgan fingerprint density at radius 2 is 1.67 bits per heavy atom. The van der Waals surface area contributed by atoms with Crippen LogP contribution in [-0.4, -0.2) is 64.7 Å². The molecule has 0 aliphatic rings. The second-order valence-corrected chi connectivity index (χ2v) is 22.0.